The van der Waals surface area contributed by atoms with Gasteiger partial charge in [0.1, 0.15) is 0 Å². The van der Waals surface area contributed by atoms with Gasteiger partial charge in [-0.2, -0.15) is 0 Å². The van der Waals surface area contributed by atoms with Crippen LogP contribution >= 0.6 is 0 Å². The van der Waals surface area contributed by atoms with Crippen LogP contribution in [0.4, 0.5) is 10.2 Å². The molecule has 0 unspecified atom stereocenters. The van der Waals surface area contributed by atoms with E-state index in [1.807, 2.05) is 30.3 Å². The van der Waals surface area contributed by atoms with Crippen LogP contribution in [0.2, 0.25) is 0 Å². The van der Waals surface area contributed by atoms with Crippen LogP contribution in [0.3, 0.4) is 0 Å². The molecule has 0 atom stereocenters. The second kappa shape index (κ2) is 4.45. The summed E-state index contributed by atoms with van der Waals surface area (Å²) in [7, 11) is 0. The van der Waals surface area contributed by atoms with E-state index in [0.717, 1.165) is 5.56 Å². The molecular weight excluding hydrogens is 203 g/mol. The van der Waals surface area contributed by atoms with E-state index in [-0.39, 0.29) is 5.82 Å². The molecule has 1 aromatic carbocycles. The van der Waals surface area contributed by atoms with Crippen LogP contribution in [-0.2, 0) is 0 Å². The minimum Gasteiger partial charge on any atom is -0.381 e. The van der Waals surface area contributed by atoms with Crippen molar-refractivity contribution < 1.29 is 4.39 Å². The predicted octanol–water partition coefficient (Wildman–Crippen LogP) is 2.20. The van der Waals surface area contributed by atoms with Crippen molar-refractivity contribution in [2.75, 3.05) is 5.73 Å². The number of aromatic nitrogens is 1. The van der Waals surface area contributed by atoms with E-state index in [1.54, 1.807) is 0 Å². The van der Waals surface area contributed by atoms with Gasteiger partial charge < -0.3 is 5.73 Å². The highest BCUT2D eigenvalue weighted by molar-refractivity contribution is 5.44. The molecule has 0 bridgehead atoms. The zero-order valence-electron chi connectivity index (χ0n) is 8.44. The molecule has 1 aromatic heterocycles. The molecule has 0 aliphatic rings. The number of hydrogen-bond donors (Lipinski definition) is 1. The zero-order chi connectivity index (χ0) is 11.4. The van der Waals surface area contributed by atoms with Gasteiger partial charge in [0.2, 0.25) is 0 Å². The fourth-order valence-corrected chi connectivity index (χ4v) is 1.18. The summed E-state index contributed by atoms with van der Waals surface area (Å²) in [6.45, 7) is 0. The number of pyridine rings is 1. The SMILES string of the molecule is Nc1ncc(C#Cc2ccccc2)cc1F. The first-order valence-electron chi connectivity index (χ1n) is 4.74. The largest absolute Gasteiger partial charge is 0.381 e. The summed E-state index contributed by atoms with van der Waals surface area (Å²) in [6, 6.07) is 10.7. The van der Waals surface area contributed by atoms with Gasteiger partial charge in [-0.15, -0.1) is 0 Å². The van der Waals surface area contributed by atoms with Gasteiger partial charge in [0.15, 0.2) is 11.6 Å². The lowest BCUT2D eigenvalue weighted by molar-refractivity contribution is 0.627. The van der Waals surface area contributed by atoms with Crippen LogP contribution < -0.4 is 5.73 Å². The number of nitrogens with zero attached hydrogens (tertiary/aromatic N) is 1. The van der Waals surface area contributed by atoms with Crippen LogP contribution in [0, 0.1) is 17.7 Å². The van der Waals surface area contributed by atoms with Crippen LogP contribution in [0.1, 0.15) is 11.1 Å². The molecule has 0 fully saturated rings. The Morgan fingerprint density at radius 2 is 1.75 bits per heavy atom. The third-order valence-corrected chi connectivity index (χ3v) is 1.99. The van der Waals surface area contributed by atoms with Crippen LogP contribution in [0.25, 0.3) is 0 Å². The Bertz CT molecular complexity index is 553. The van der Waals surface area contributed by atoms with Gasteiger partial charge in [-0.3, -0.25) is 0 Å². The van der Waals surface area contributed by atoms with Crippen molar-refractivity contribution in [1.29, 1.82) is 0 Å². The lowest BCUT2D eigenvalue weighted by Crippen LogP contribution is -1.94. The second-order valence-electron chi connectivity index (χ2n) is 3.21. The summed E-state index contributed by atoms with van der Waals surface area (Å²) in [5.41, 5.74) is 6.65. The molecule has 2 rings (SSSR count). The van der Waals surface area contributed by atoms with E-state index < -0.39 is 5.82 Å². The number of anilines is 1. The molecule has 0 aliphatic heterocycles. The molecule has 0 saturated heterocycles. The van der Waals surface area contributed by atoms with E-state index in [4.69, 9.17) is 5.73 Å². The lowest BCUT2D eigenvalue weighted by atomic mass is 10.2. The van der Waals surface area contributed by atoms with Crippen molar-refractivity contribution >= 4 is 5.82 Å². The molecule has 2 nitrogen and oxygen atoms in total. The Labute approximate surface area is 92.9 Å². The number of halogens is 1. The van der Waals surface area contributed by atoms with Crippen molar-refractivity contribution in [3.8, 4) is 11.8 Å². The van der Waals surface area contributed by atoms with Crippen molar-refractivity contribution in [2.24, 2.45) is 0 Å². The van der Waals surface area contributed by atoms with E-state index in [2.05, 4.69) is 16.8 Å². The quantitative estimate of drug-likeness (QED) is 0.680. The van der Waals surface area contributed by atoms with E-state index in [9.17, 15) is 4.39 Å². The van der Waals surface area contributed by atoms with Gasteiger partial charge in [0, 0.05) is 17.3 Å². The first kappa shape index (κ1) is 10.2. The maximum absolute atomic E-state index is 13.0. The highest BCUT2D eigenvalue weighted by atomic mass is 19.1. The third kappa shape index (κ3) is 2.37. The fraction of sp³-hybridized carbons (Fsp3) is 0. The summed E-state index contributed by atoms with van der Waals surface area (Å²) in [6.07, 6.45) is 1.45. The summed E-state index contributed by atoms with van der Waals surface area (Å²) >= 11 is 0. The maximum Gasteiger partial charge on any atom is 0.166 e. The fourth-order valence-electron chi connectivity index (χ4n) is 1.18. The van der Waals surface area contributed by atoms with Gasteiger partial charge in [0.05, 0.1) is 0 Å². The smallest absolute Gasteiger partial charge is 0.166 e. The molecule has 2 N–H and O–H groups in total. The van der Waals surface area contributed by atoms with Crippen LogP contribution in [-0.4, -0.2) is 4.98 Å². The molecule has 16 heavy (non-hydrogen) atoms. The molecular formula is C13H9FN2. The Kier molecular flexibility index (Phi) is 2.84. The molecule has 0 aliphatic carbocycles. The summed E-state index contributed by atoms with van der Waals surface area (Å²) in [5.74, 6) is 5.08. The summed E-state index contributed by atoms with van der Waals surface area (Å²) in [4.78, 5) is 3.69. The minimum absolute atomic E-state index is 0.106. The Morgan fingerprint density at radius 3 is 2.44 bits per heavy atom. The molecule has 0 amide bonds. The second-order valence-corrected chi connectivity index (χ2v) is 3.21. The highest BCUT2D eigenvalue weighted by Crippen LogP contribution is 2.07. The van der Waals surface area contributed by atoms with Gasteiger partial charge in [-0.25, -0.2) is 9.37 Å². The molecule has 3 heteroatoms. The standard InChI is InChI=1S/C13H9FN2/c14-12-8-11(9-16-13(12)15)7-6-10-4-2-1-3-5-10/h1-5,8-9H,(H2,15,16). The molecule has 0 saturated carbocycles. The summed E-state index contributed by atoms with van der Waals surface area (Å²) in [5, 5.41) is 0. The number of nitrogen functional groups attached to an aromatic ring is 1. The summed E-state index contributed by atoms with van der Waals surface area (Å²) < 4.78 is 13.0. The molecule has 1 heterocycles. The predicted molar refractivity (Wildman–Crippen MR) is 61.0 cm³/mol. The zero-order valence-corrected chi connectivity index (χ0v) is 8.44. The van der Waals surface area contributed by atoms with Crippen LogP contribution in [0.5, 0.6) is 0 Å². The Balaban J connectivity index is 2.28. The lowest BCUT2D eigenvalue weighted by Gasteiger charge is -1.94. The van der Waals surface area contributed by atoms with Gasteiger partial charge in [0.25, 0.3) is 0 Å². The third-order valence-electron chi connectivity index (χ3n) is 1.99. The van der Waals surface area contributed by atoms with Crippen molar-refractivity contribution in [1.82, 2.24) is 4.98 Å². The van der Waals surface area contributed by atoms with Gasteiger partial charge in [-0.1, -0.05) is 30.0 Å². The number of rotatable bonds is 0. The Morgan fingerprint density at radius 1 is 1.06 bits per heavy atom. The van der Waals surface area contributed by atoms with Crippen molar-refractivity contribution in [3.05, 3.63) is 59.5 Å². The van der Waals surface area contributed by atoms with Crippen molar-refractivity contribution in [2.45, 2.75) is 0 Å². The number of nitrogens with two attached hydrogens (primary N) is 1. The van der Waals surface area contributed by atoms with Crippen LogP contribution in [0.15, 0.2) is 42.6 Å². The number of hydrogen-bond acceptors (Lipinski definition) is 2. The molecule has 78 valence electrons. The average Bonchev–Trinajstić information content (AvgIpc) is 2.32. The first-order chi connectivity index (χ1) is 7.75. The maximum atomic E-state index is 13.0. The van der Waals surface area contributed by atoms with E-state index in [0.29, 0.717) is 5.56 Å². The monoisotopic (exact) mass is 212 g/mol. The average molecular weight is 212 g/mol. The highest BCUT2D eigenvalue weighted by Gasteiger charge is 1.98. The van der Waals surface area contributed by atoms with Gasteiger partial charge >= 0.3 is 0 Å². The minimum atomic E-state index is -0.542. The molecule has 0 spiro atoms. The Hall–Kier alpha value is -2.34. The van der Waals surface area contributed by atoms with Crippen molar-refractivity contribution in [3.63, 3.8) is 0 Å². The van der Waals surface area contributed by atoms with Gasteiger partial charge in [-0.05, 0) is 18.2 Å². The van der Waals surface area contributed by atoms with E-state index >= 15 is 0 Å². The first-order valence-corrected chi connectivity index (χ1v) is 4.74. The molecule has 0 radical (unpaired) electrons. The molecule has 2 aromatic rings. The van der Waals surface area contributed by atoms with E-state index in [1.165, 1.54) is 12.3 Å². The topological polar surface area (TPSA) is 38.9 Å². The number of benzene rings is 1. The normalized spacial score (nSPS) is 9.31.